The minimum Gasteiger partial charge on any atom is -0.462 e. The number of aliphatic hydroxyl groups is 5. The number of carbonyl (C=O) groups excluding carboxylic acids is 2. The molecule has 0 aromatic carbocycles. The Morgan fingerprint density at radius 2 is 0.726 bits per heavy atom. The van der Waals surface area contributed by atoms with Crippen molar-refractivity contribution in [1.82, 2.24) is 0 Å². The molecule has 0 radical (unpaired) electrons. The third-order valence-corrected chi connectivity index (χ3v) is 13.2. The average molecular weight is 909 g/mol. The van der Waals surface area contributed by atoms with Gasteiger partial charge in [0, 0.05) is 12.8 Å². The largest absolute Gasteiger partial charge is 0.472 e. The van der Waals surface area contributed by atoms with Crippen LogP contribution in [-0.4, -0.2) is 98.3 Å². The van der Waals surface area contributed by atoms with Crippen molar-refractivity contribution >= 4 is 19.8 Å². The van der Waals surface area contributed by atoms with Gasteiger partial charge < -0.3 is 39.9 Å². The van der Waals surface area contributed by atoms with Crippen molar-refractivity contribution in [2.75, 3.05) is 13.2 Å². The molecule has 8 atom stereocenters. The molecule has 368 valence electrons. The van der Waals surface area contributed by atoms with Crippen LogP contribution in [0.1, 0.15) is 239 Å². The van der Waals surface area contributed by atoms with Crippen LogP contribution in [0.3, 0.4) is 0 Å². The van der Waals surface area contributed by atoms with E-state index in [1.165, 1.54) is 161 Å². The third kappa shape index (κ3) is 30.9. The first-order chi connectivity index (χ1) is 29.9. The number of esters is 2. The summed E-state index contributed by atoms with van der Waals surface area (Å²) in [5.41, 5.74) is 0. The summed E-state index contributed by atoms with van der Waals surface area (Å²) in [6.45, 7) is 3.34. The summed E-state index contributed by atoms with van der Waals surface area (Å²) in [5.74, 6) is -1.08. The molecule has 0 amide bonds. The van der Waals surface area contributed by atoms with E-state index in [0.29, 0.717) is 12.8 Å². The van der Waals surface area contributed by atoms with E-state index in [4.69, 9.17) is 18.5 Å². The van der Waals surface area contributed by atoms with Crippen LogP contribution in [0.5, 0.6) is 0 Å². The molecule has 62 heavy (non-hydrogen) atoms. The summed E-state index contributed by atoms with van der Waals surface area (Å²) in [4.78, 5) is 35.8. The van der Waals surface area contributed by atoms with Crippen molar-refractivity contribution in [2.24, 2.45) is 0 Å². The molecule has 13 nitrogen and oxygen atoms in total. The fraction of sp³-hybridized carbons (Fsp3) is 0.958. The fourth-order valence-corrected chi connectivity index (χ4v) is 9.09. The molecule has 0 aromatic heterocycles. The van der Waals surface area contributed by atoms with Gasteiger partial charge in [-0.3, -0.25) is 18.6 Å². The summed E-state index contributed by atoms with van der Waals surface area (Å²) in [6.07, 6.45) is 27.2. The monoisotopic (exact) mass is 909 g/mol. The molecule has 0 bridgehead atoms. The highest BCUT2D eigenvalue weighted by molar-refractivity contribution is 7.47. The molecule has 6 N–H and O–H groups in total. The van der Waals surface area contributed by atoms with Gasteiger partial charge in [0.2, 0.25) is 0 Å². The van der Waals surface area contributed by atoms with E-state index in [2.05, 4.69) is 13.8 Å². The first-order valence-corrected chi connectivity index (χ1v) is 26.8. The van der Waals surface area contributed by atoms with Crippen molar-refractivity contribution in [1.29, 1.82) is 0 Å². The Kier molecular flexibility index (Phi) is 37.1. The number of hydrogen-bond donors (Lipinski definition) is 6. The quantitative estimate of drug-likeness (QED) is 0.0191. The lowest BCUT2D eigenvalue weighted by Crippen LogP contribution is -2.64. The molecule has 1 aliphatic carbocycles. The molecule has 0 heterocycles. The van der Waals surface area contributed by atoms with Crippen LogP contribution in [0.4, 0.5) is 0 Å². The summed E-state index contributed by atoms with van der Waals surface area (Å²) >= 11 is 0. The van der Waals surface area contributed by atoms with Gasteiger partial charge in [-0.15, -0.1) is 0 Å². The number of phosphoric acid groups is 1. The first kappa shape index (κ1) is 58.9. The Hall–Kier alpha value is -1.15. The molecular weight excluding hydrogens is 815 g/mol. The van der Waals surface area contributed by atoms with Crippen molar-refractivity contribution in [2.45, 2.75) is 281 Å². The van der Waals surface area contributed by atoms with Gasteiger partial charge in [-0.1, -0.05) is 213 Å². The Labute approximate surface area is 376 Å². The Bertz CT molecular complexity index is 1100. The average Bonchev–Trinajstić information content (AvgIpc) is 3.25. The minimum atomic E-state index is -5.11. The maximum atomic E-state index is 12.8. The smallest absolute Gasteiger partial charge is 0.462 e. The van der Waals surface area contributed by atoms with Gasteiger partial charge in [0.1, 0.15) is 43.2 Å². The van der Waals surface area contributed by atoms with E-state index >= 15 is 0 Å². The lowest BCUT2D eigenvalue weighted by atomic mass is 9.85. The number of unbranched alkanes of at least 4 members (excludes halogenated alkanes) is 31. The maximum Gasteiger partial charge on any atom is 0.472 e. The molecule has 6 unspecified atom stereocenters. The second-order valence-electron chi connectivity index (χ2n) is 18.0. The number of hydrogen-bond acceptors (Lipinski definition) is 12. The summed E-state index contributed by atoms with van der Waals surface area (Å²) in [5, 5.41) is 50.2. The van der Waals surface area contributed by atoms with Crippen LogP contribution < -0.4 is 0 Å². The van der Waals surface area contributed by atoms with Crippen molar-refractivity contribution in [3.8, 4) is 0 Å². The van der Waals surface area contributed by atoms with Crippen LogP contribution in [0.25, 0.3) is 0 Å². The highest BCUT2D eigenvalue weighted by atomic mass is 31.2. The highest BCUT2D eigenvalue weighted by Crippen LogP contribution is 2.47. The van der Waals surface area contributed by atoms with E-state index in [9.17, 15) is 44.6 Å². The Balaban J connectivity index is 2.39. The first-order valence-electron chi connectivity index (χ1n) is 25.3. The Morgan fingerprint density at radius 3 is 1.06 bits per heavy atom. The van der Waals surface area contributed by atoms with Crippen LogP contribution in [0, 0.1) is 0 Å². The van der Waals surface area contributed by atoms with Crippen LogP contribution in [0.2, 0.25) is 0 Å². The maximum absolute atomic E-state index is 12.8. The number of phosphoric ester groups is 1. The summed E-state index contributed by atoms with van der Waals surface area (Å²) in [6, 6.07) is 0. The zero-order valence-electron chi connectivity index (χ0n) is 39.2. The predicted molar refractivity (Wildman–Crippen MR) is 244 cm³/mol. The van der Waals surface area contributed by atoms with E-state index in [-0.39, 0.29) is 12.8 Å². The topological polar surface area (TPSA) is 210 Å². The fourth-order valence-electron chi connectivity index (χ4n) is 8.11. The zero-order chi connectivity index (χ0) is 45.7. The van der Waals surface area contributed by atoms with E-state index < -0.39 is 75.7 Å². The Morgan fingerprint density at radius 1 is 0.435 bits per heavy atom. The van der Waals surface area contributed by atoms with E-state index in [1.807, 2.05) is 0 Å². The molecular formula is C48H93O13P. The molecule has 0 spiro atoms. The normalized spacial score (nSPS) is 21.7. The molecule has 14 heteroatoms. The molecule has 0 aliphatic heterocycles. The minimum absolute atomic E-state index is 0.105. The lowest BCUT2D eigenvalue weighted by molar-refractivity contribution is -0.220. The predicted octanol–water partition coefficient (Wildman–Crippen LogP) is 10.5. The van der Waals surface area contributed by atoms with Gasteiger partial charge >= 0.3 is 19.8 Å². The SMILES string of the molecule is CCCCCCCCCCCCCCCCCCCC(=O)OC[C@H](COP(=O)(O)OC1C(O)C(O)C(O)[C@@H](O)C1O)OC(=O)CCCCCCCCCCCCCCCCCC. The number of carbonyl (C=O) groups is 2. The highest BCUT2D eigenvalue weighted by Gasteiger charge is 2.51. The number of aliphatic hydroxyl groups excluding tert-OH is 5. The van der Waals surface area contributed by atoms with Crippen LogP contribution in [-0.2, 0) is 32.7 Å². The van der Waals surface area contributed by atoms with Gasteiger partial charge in [0.15, 0.2) is 6.10 Å². The summed E-state index contributed by atoms with van der Waals surface area (Å²) < 4.78 is 33.6. The molecule has 1 aliphatic rings. The van der Waals surface area contributed by atoms with Gasteiger partial charge in [0.05, 0.1) is 6.61 Å². The van der Waals surface area contributed by atoms with Gasteiger partial charge in [-0.05, 0) is 12.8 Å². The van der Waals surface area contributed by atoms with Crippen LogP contribution >= 0.6 is 7.82 Å². The van der Waals surface area contributed by atoms with Crippen molar-refractivity contribution < 1.29 is 63.1 Å². The molecule has 1 saturated carbocycles. The number of rotatable bonds is 43. The summed E-state index contributed by atoms with van der Waals surface area (Å²) in [7, 11) is -5.11. The zero-order valence-corrected chi connectivity index (χ0v) is 40.1. The molecule has 0 saturated heterocycles. The lowest BCUT2D eigenvalue weighted by Gasteiger charge is -2.41. The molecule has 0 aromatic rings. The van der Waals surface area contributed by atoms with Gasteiger partial charge in [0.25, 0.3) is 0 Å². The van der Waals surface area contributed by atoms with Crippen molar-refractivity contribution in [3.05, 3.63) is 0 Å². The second kappa shape index (κ2) is 39.1. The van der Waals surface area contributed by atoms with E-state index in [0.717, 1.165) is 38.5 Å². The van der Waals surface area contributed by atoms with Crippen molar-refractivity contribution in [3.63, 3.8) is 0 Å². The van der Waals surface area contributed by atoms with Gasteiger partial charge in [-0.2, -0.15) is 0 Å². The van der Waals surface area contributed by atoms with Gasteiger partial charge in [-0.25, -0.2) is 4.57 Å². The molecule has 1 rings (SSSR count). The number of ether oxygens (including phenoxy) is 2. The van der Waals surface area contributed by atoms with E-state index in [1.54, 1.807) is 0 Å². The standard InChI is InChI=1S/C48H93O13P/c1-3-5-7-9-11-13-15-17-19-21-23-24-26-28-30-32-34-36-41(49)58-38-40(39-59-62(56,57)61-48-46(54)44(52)43(51)45(53)47(48)55)60-42(50)37-35-33-31-29-27-25-22-20-18-16-14-12-10-8-6-4-2/h40,43-48,51-55H,3-39H2,1-2H3,(H,56,57)/t40-,43?,44-,45?,46?,47?,48?/m1/s1. The molecule has 1 fully saturated rings. The third-order valence-electron chi connectivity index (χ3n) is 12.2. The van der Waals surface area contributed by atoms with Crippen LogP contribution in [0.15, 0.2) is 0 Å². The second-order valence-corrected chi connectivity index (χ2v) is 19.4.